The van der Waals surface area contributed by atoms with Crippen LogP contribution < -0.4 is 10.6 Å². The third-order valence-corrected chi connectivity index (χ3v) is 3.83. The van der Waals surface area contributed by atoms with Crippen LogP contribution >= 0.6 is 15.9 Å². The van der Waals surface area contributed by atoms with Gasteiger partial charge >= 0.3 is 0 Å². The van der Waals surface area contributed by atoms with E-state index in [9.17, 15) is 4.79 Å². The molecule has 20 heavy (non-hydrogen) atoms. The van der Waals surface area contributed by atoms with E-state index in [-0.39, 0.29) is 11.8 Å². The van der Waals surface area contributed by atoms with Crippen molar-refractivity contribution in [1.82, 2.24) is 4.98 Å². The Hall–Kier alpha value is -1.88. The molecule has 3 rings (SSSR count). The lowest BCUT2D eigenvalue weighted by atomic mass is 9.90. The van der Waals surface area contributed by atoms with Gasteiger partial charge in [0.15, 0.2) is 0 Å². The number of halogens is 1. The second kappa shape index (κ2) is 5.63. The van der Waals surface area contributed by atoms with Crippen molar-refractivity contribution in [3.8, 4) is 0 Å². The summed E-state index contributed by atoms with van der Waals surface area (Å²) >= 11 is 3.36. The van der Waals surface area contributed by atoms with E-state index in [1.807, 2.05) is 30.3 Å². The van der Waals surface area contributed by atoms with Crippen LogP contribution in [0.25, 0.3) is 0 Å². The maximum atomic E-state index is 11.7. The Bertz CT molecular complexity index is 627. The number of pyridine rings is 1. The molecule has 1 atom stereocenters. The van der Waals surface area contributed by atoms with Gasteiger partial charge in [0, 0.05) is 35.2 Å². The summed E-state index contributed by atoms with van der Waals surface area (Å²) in [6.07, 6.45) is 2.25. The summed E-state index contributed by atoms with van der Waals surface area (Å²) in [7, 11) is 0. The lowest BCUT2D eigenvalue weighted by molar-refractivity contribution is -0.116. The van der Waals surface area contributed by atoms with Crippen LogP contribution in [-0.4, -0.2) is 17.4 Å². The van der Waals surface area contributed by atoms with Gasteiger partial charge < -0.3 is 10.6 Å². The number of nitrogens with zero attached hydrogens (tertiary/aromatic N) is 1. The molecule has 4 nitrogen and oxygen atoms in total. The fraction of sp³-hybridized carbons (Fsp3) is 0.200. The summed E-state index contributed by atoms with van der Waals surface area (Å²) in [6.45, 7) is 0.694. The quantitative estimate of drug-likeness (QED) is 0.906. The molecule has 0 fully saturated rings. The number of nitrogens with one attached hydrogen (secondary N) is 2. The maximum absolute atomic E-state index is 11.7. The first-order valence-corrected chi connectivity index (χ1v) is 7.26. The van der Waals surface area contributed by atoms with E-state index >= 15 is 0 Å². The van der Waals surface area contributed by atoms with E-state index in [0.29, 0.717) is 13.0 Å². The average molecular weight is 332 g/mol. The van der Waals surface area contributed by atoms with Gasteiger partial charge in [-0.2, -0.15) is 0 Å². The zero-order valence-electron chi connectivity index (χ0n) is 10.8. The summed E-state index contributed by atoms with van der Waals surface area (Å²) in [4.78, 5) is 16.0. The largest absolute Gasteiger partial charge is 0.369 e. The van der Waals surface area contributed by atoms with Crippen molar-refractivity contribution >= 4 is 33.3 Å². The van der Waals surface area contributed by atoms with Crippen LogP contribution in [0.2, 0.25) is 0 Å². The molecule has 1 amide bonds. The van der Waals surface area contributed by atoms with Crippen molar-refractivity contribution in [2.24, 2.45) is 0 Å². The van der Waals surface area contributed by atoms with Gasteiger partial charge in [-0.3, -0.25) is 4.79 Å². The van der Waals surface area contributed by atoms with Crippen LogP contribution in [0.4, 0.5) is 11.5 Å². The second-order valence-corrected chi connectivity index (χ2v) is 5.69. The summed E-state index contributed by atoms with van der Waals surface area (Å²) in [5.74, 6) is 1.06. The maximum Gasteiger partial charge on any atom is 0.225 e. The number of benzene rings is 1. The average Bonchev–Trinajstić information content (AvgIpc) is 2.46. The number of hydrogen-bond acceptors (Lipinski definition) is 3. The summed E-state index contributed by atoms with van der Waals surface area (Å²) in [6, 6.07) is 11.8. The molecule has 0 saturated heterocycles. The predicted molar refractivity (Wildman–Crippen MR) is 82.9 cm³/mol. The Labute approximate surface area is 125 Å². The highest BCUT2D eigenvalue weighted by molar-refractivity contribution is 9.10. The van der Waals surface area contributed by atoms with Crippen LogP contribution in [0.5, 0.6) is 0 Å². The molecule has 0 saturated carbocycles. The number of rotatable bonds is 3. The highest BCUT2D eigenvalue weighted by Crippen LogP contribution is 2.31. The minimum atomic E-state index is 0.0688. The molecule has 0 aliphatic carbocycles. The Morgan fingerprint density at radius 3 is 2.95 bits per heavy atom. The monoisotopic (exact) mass is 331 g/mol. The van der Waals surface area contributed by atoms with E-state index in [1.54, 1.807) is 6.20 Å². The van der Waals surface area contributed by atoms with Gasteiger partial charge in [-0.25, -0.2) is 4.98 Å². The summed E-state index contributed by atoms with van der Waals surface area (Å²) in [5, 5.41) is 6.20. The molecular formula is C15H14BrN3O. The molecule has 5 heteroatoms. The standard InChI is InChI=1S/C15H14BrN3O/c16-11-5-6-14(18-9-11)17-8-10-7-15(20)19-13-4-2-1-3-12(10)13/h1-6,9-10H,7-8H2,(H,17,18)(H,19,20). The Kier molecular flexibility index (Phi) is 3.69. The minimum absolute atomic E-state index is 0.0688. The molecule has 102 valence electrons. The molecule has 1 unspecified atom stereocenters. The highest BCUT2D eigenvalue weighted by Gasteiger charge is 2.24. The zero-order chi connectivity index (χ0) is 13.9. The number of amides is 1. The number of carbonyl (C=O) groups excluding carboxylic acids is 1. The molecule has 2 N–H and O–H groups in total. The topological polar surface area (TPSA) is 54.0 Å². The molecular weight excluding hydrogens is 318 g/mol. The molecule has 2 aromatic rings. The second-order valence-electron chi connectivity index (χ2n) is 4.78. The van der Waals surface area contributed by atoms with Crippen molar-refractivity contribution in [2.45, 2.75) is 12.3 Å². The van der Waals surface area contributed by atoms with Gasteiger partial charge in [0.25, 0.3) is 0 Å². The van der Waals surface area contributed by atoms with Crippen molar-refractivity contribution < 1.29 is 4.79 Å². The number of carbonyl (C=O) groups is 1. The number of para-hydroxylation sites is 1. The van der Waals surface area contributed by atoms with E-state index < -0.39 is 0 Å². The third kappa shape index (κ3) is 2.82. The van der Waals surface area contributed by atoms with Crippen molar-refractivity contribution in [2.75, 3.05) is 17.2 Å². The van der Waals surface area contributed by atoms with E-state index in [1.165, 1.54) is 5.56 Å². The fourth-order valence-electron chi connectivity index (χ4n) is 2.39. The first-order valence-electron chi connectivity index (χ1n) is 6.46. The Morgan fingerprint density at radius 1 is 1.30 bits per heavy atom. The van der Waals surface area contributed by atoms with Gasteiger partial charge in [-0.1, -0.05) is 18.2 Å². The van der Waals surface area contributed by atoms with Crippen LogP contribution in [0, 0.1) is 0 Å². The van der Waals surface area contributed by atoms with Crippen molar-refractivity contribution in [3.63, 3.8) is 0 Å². The zero-order valence-corrected chi connectivity index (χ0v) is 12.4. The molecule has 0 bridgehead atoms. The van der Waals surface area contributed by atoms with Crippen molar-refractivity contribution in [1.29, 1.82) is 0 Å². The van der Waals surface area contributed by atoms with Gasteiger partial charge in [0.2, 0.25) is 5.91 Å². The summed E-state index contributed by atoms with van der Waals surface area (Å²) in [5.41, 5.74) is 2.09. The SMILES string of the molecule is O=C1CC(CNc2ccc(Br)cn2)c2ccccc2N1. The fourth-order valence-corrected chi connectivity index (χ4v) is 2.63. The molecule has 1 aromatic carbocycles. The van der Waals surface area contributed by atoms with E-state index in [4.69, 9.17) is 0 Å². The Morgan fingerprint density at radius 2 is 2.15 bits per heavy atom. The molecule has 2 heterocycles. The van der Waals surface area contributed by atoms with Gasteiger partial charge in [0.05, 0.1) is 0 Å². The smallest absolute Gasteiger partial charge is 0.225 e. The lowest BCUT2D eigenvalue weighted by Crippen LogP contribution is -2.26. The third-order valence-electron chi connectivity index (χ3n) is 3.36. The highest BCUT2D eigenvalue weighted by atomic mass is 79.9. The van der Waals surface area contributed by atoms with Crippen LogP contribution in [0.1, 0.15) is 17.9 Å². The van der Waals surface area contributed by atoms with E-state index in [0.717, 1.165) is 16.0 Å². The molecule has 0 radical (unpaired) electrons. The molecule has 0 spiro atoms. The summed E-state index contributed by atoms with van der Waals surface area (Å²) < 4.78 is 0.949. The van der Waals surface area contributed by atoms with Crippen LogP contribution in [0.15, 0.2) is 47.1 Å². The van der Waals surface area contributed by atoms with Gasteiger partial charge in [0.1, 0.15) is 5.82 Å². The normalized spacial score (nSPS) is 17.2. The molecule has 1 aliphatic heterocycles. The van der Waals surface area contributed by atoms with Crippen molar-refractivity contribution in [3.05, 3.63) is 52.6 Å². The first-order chi connectivity index (χ1) is 9.72. The number of aromatic nitrogens is 1. The number of fused-ring (bicyclic) bond motifs is 1. The van der Waals surface area contributed by atoms with Crippen LogP contribution in [-0.2, 0) is 4.79 Å². The molecule has 1 aromatic heterocycles. The van der Waals surface area contributed by atoms with Gasteiger partial charge in [-0.05, 0) is 39.7 Å². The predicted octanol–water partition coefficient (Wildman–Crippen LogP) is 3.38. The minimum Gasteiger partial charge on any atom is -0.369 e. The molecule has 1 aliphatic rings. The first kappa shape index (κ1) is 13.1. The number of hydrogen-bond donors (Lipinski definition) is 2. The van der Waals surface area contributed by atoms with E-state index in [2.05, 4.69) is 37.6 Å². The Balaban J connectivity index is 1.74. The lowest BCUT2D eigenvalue weighted by Gasteiger charge is -2.25. The van der Waals surface area contributed by atoms with Gasteiger partial charge in [-0.15, -0.1) is 0 Å². The van der Waals surface area contributed by atoms with Crippen LogP contribution in [0.3, 0.4) is 0 Å². The number of anilines is 2.